The number of nitriles is 1. The molecular formula is C31H28N4O5. The van der Waals surface area contributed by atoms with Crippen molar-refractivity contribution in [3.63, 3.8) is 0 Å². The lowest BCUT2D eigenvalue weighted by molar-refractivity contribution is -0.120. The standard InChI is InChI=1S/C31H28N4O5/c32-19-23-17-22(5-6-27(23)39-24-9-15-38-16-10-24)25-7-11-33-26-18-28(40-30(25)26)20-1-3-21(4-2-20)31(37)35-13-8-29(36)34-12-14-35/h1-7,11,17-18,24H,8-10,12-16H2,(H,34,36). The molecule has 2 aromatic carbocycles. The molecule has 0 saturated carbocycles. The maximum Gasteiger partial charge on any atom is 0.253 e. The molecule has 9 heteroatoms. The number of pyridine rings is 1. The summed E-state index contributed by atoms with van der Waals surface area (Å²) in [4.78, 5) is 30.7. The van der Waals surface area contributed by atoms with Gasteiger partial charge in [-0.3, -0.25) is 14.6 Å². The van der Waals surface area contributed by atoms with Gasteiger partial charge in [-0.2, -0.15) is 5.26 Å². The van der Waals surface area contributed by atoms with Crippen LogP contribution >= 0.6 is 0 Å². The van der Waals surface area contributed by atoms with Gasteiger partial charge in [-0.1, -0.05) is 18.2 Å². The maximum atomic E-state index is 13.0. The van der Waals surface area contributed by atoms with E-state index >= 15 is 0 Å². The number of nitrogens with zero attached hydrogens (tertiary/aromatic N) is 3. The summed E-state index contributed by atoms with van der Waals surface area (Å²) in [6, 6.07) is 18.8. The van der Waals surface area contributed by atoms with Crippen LogP contribution in [0.5, 0.6) is 5.75 Å². The molecule has 0 spiro atoms. The van der Waals surface area contributed by atoms with Crippen LogP contribution in [0.4, 0.5) is 0 Å². The molecule has 4 heterocycles. The fourth-order valence-corrected chi connectivity index (χ4v) is 5.10. The second-order valence-corrected chi connectivity index (χ2v) is 9.91. The Hall–Kier alpha value is -4.68. The smallest absolute Gasteiger partial charge is 0.253 e. The Bertz CT molecular complexity index is 1600. The molecule has 2 aliphatic rings. The Morgan fingerprint density at radius 2 is 1.85 bits per heavy atom. The van der Waals surface area contributed by atoms with Crippen molar-refractivity contribution in [2.45, 2.75) is 25.4 Å². The SMILES string of the molecule is N#Cc1cc(-c2ccnc3cc(-c4ccc(C(=O)N5CCNC(=O)CC5)cc4)oc23)ccc1OC1CCOCC1. The zero-order chi connectivity index (χ0) is 27.5. The number of furan rings is 1. The van der Waals surface area contributed by atoms with E-state index in [1.165, 1.54) is 0 Å². The molecular weight excluding hydrogens is 508 g/mol. The molecule has 0 unspecified atom stereocenters. The topological polar surface area (TPSA) is 118 Å². The third kappa shape index (κ3) is 5.26. The molecule has 9 nitrogen and oxygen atoms in total. The minimum Gasteiger partial charge on any atom is -0.489 e. The van der Waals surface area contributed by atoms with Gasteiger partial charge in [-0.25, -0.2) is 0 Å². The lowest BCUT2D eigenvalue weighted by atomic mass is 10.0. The van der Waals surface area contributed by atoms with E-state index in [9.17, 15) is 14.9 Å². The predicted molar refractivity (Wildman–Crippen MR) is 148 cm³/mol. The molecule has 4 aromatic rings. The molecule has 1 N–H and O–H groups in total. The Morgan fingerprint density at radius 3 is 2.65 bits per heavy atom. The minimum atomic E-state index is -0.103. The number of rotatable bonds is 5. The first kappa shape index (κ1) is 25.6. The van der Waals surface area contributed by atoms with E-state index in [1.807, 2.05) is 42.5 Å². The summed E-state index contributed by atoms with van der Waals surface area (Å²) >= 11 is 0. The molecule has 0 bridgehead atoms. The van der Waals surface area contributed by atoms with Crippen molar-refractivity contribution in [1.82, 2.24) is 15.2 Å². The van der Waals surface area contributed by atoms with E-state index in [0.29, 0.717) is 73.0 Å². The average molecular weight is 537 g/mol. The minimum absolute atomic E-state index is 0.0355. The van der Waals surface area contributed by atoms with Gasteiger partial charge in [0.15, 0.2) is 5.58 Å². The normalized spacial score (nSPS) is 16.3. The summed E-state index contributed by atoms with van der Waals surface area (Å²) in [6.07, 6.45) is 3.67. The van der Waals surface area contributed by atoms with Crippen LogP contribution in [0.25, 0.3) is 33.6 Å². The molecule has 40 heavy (non-hydrogen) atoms. The van der Waals surface area contributed by atoms with Crippen LogP contribution in [-0.2, 0) is 9.53 Å². The molecule has 2 fully saturated rings. The van der Waals surface area contributed by atoms with Crippen molar-refractivity contribution in [3.8, 4) is 34.3 Å². The van der Waals surface area contributed by atoms with E-state index < -0.39 is 0 Å². The highest BCUT2D eigenvalue weighted by atomic mass is 16.5. The molecule has 0 atom stereocenters. The fraction of sp³-hybridized carbons (Fsp3) is 0.290. The van der Waals surface area contributed by atoms with E-state index in [0.717, 1.165) is 29.5 Å². The van der Waals surface area contributed by atoms with Crippen LogP contribution < -0.4 is 10.1 Å². The van der Waals surface area contributed by atoms with Gasteiger partial charge >= 0.3 is 0 Å². The van der Waals surface area contributed by atoms with Crippen molar-refractivity contribution in [1.29, 1.82) is 5.26 Å². The Labute approximate surface area is 231 Å². The van der Waals surface area contributed by atoms with Crippen LogP contribution in [0.3, 0.4) is 0 Å². The van der Waals surface area contributed by atoms with E-state index in [4.69, 9.17) is 13.9 Å². The third-order valence-electron chi connectivity index (χ3n) is 7.30. The van der Waals surface area contributed by atoms with Crippen LogP contribution in [-0.4, -0.2) is 60.7 Å². The van der Waals surface area contributed by atoms with Crippen molar-refractivity contribution >= 4 is 22.9 Å². The quantitative estimate of drug-likeness (QED) is 0.398. The van der Waals surface area contributed by atoms with Crippen LogP contribution in [0, 0.1) is 11.3 Å². The fourth-order valence-electron chi connectivity index (χ4n) is 5.10. The number of nitrogens with one attached hydrogen (secondary N) is 1. The van der Waals surface area contributed by atoms with Crippen molar-refractivity contribution < 1.29 is 23.5 Å². The Balaban J connectivity index is 1.25. The Morgan fingerprint density at radius 1 is 1.05 bits per heavy atom. The molecule has 2 saturated heterocycles. The van der Waals surface area contributed by atoms with Gasteiger partial charge in [0, 0.05) is 67.9 Å². The number of hydrogen-bond donors (Lipinski definition) is 1. The zero-order valence-electron chi connectivity index (χ0n) is 21.9. The number of carbonyl (C=O) groups is 2. The molecule has 0 aliphatic carbocycles. The second kappa shape index (κ2) is 11.2. The average Bonchev–Trinajstić information content (AvgIpc) is 3.32. The number of aromatic nitrogens is 1. The zero-order valence-corrected chi connectivity index (χ0v) is 21.9. The summed E-state index contributed by atoms with van der Waals surface area (Å²) in [5, 5.41) is 12.6. The summed E-state index contributed by atoms with van der Waals surface area (Å²) in [7, 11) is 0. The summed E-state index contributed by atoms with van der Waals surface area (Å²) < 4.78 is 17.8. The first-order valence-corrected chi connectivity index (χ1v) is 13.4. The first-order chi connectivity index (χ1) is 19.6. The summed E-state index contributed by atoms with van der Waals surface area (Å²) in [6.45, 7) is 2.68. The number of amides is 2. The first-order valence-electron chi connectivity index (χ1n) is 13.4. The van der Waals surface area contributed by atoms with Gasteiger partial charge in [0.2, 0.25) is 5.91 Å². The van der Waals surface area contributed by atoms with Gasteiger partial charge < -0.3 is 24.1 Å². The van der Waals surface area contributed by atoms with E-state index in [2.05, 4.69) is 16.4 Å². The van der Waals surface area contributed by atoms with Crippen molar-refractivity contribution in [2.75, 3.05) is 32.8 Å². The van der Waals surface area contributed by atoms with Crippen LogP contribution in [0.15, 0.2) is 65.2 Å². The maximum absolute atomic E-state index is 13.0. The lowest BCUT2D eigenvalue weighted by Gasteiger charge is -2.23. The monoisotopic (exact) mass is 536 g/mol. The number of carbonyl (C=O) groups excluding carboxylic acids is 2. The summed E-state index contributed by atoms with van der Waals surface area (Å²) in [5.41, 5.74) is 4.78. The largest absolute Gasteiger partial charge is 0.489 e. The molecule has 2 aromatic heterocycles. The number of ether oxygens (including phenoxy) is 2. The summed E-state index contributed by atoms with van der Waals surface area (Å²) in [5.74, 6) is 1.06. The highest BCUT2D eigenvalue weighted by Crippen LogP contribution is 2.35. The predicted octanol–water partition coefficient (Wildman–Crippen LogP) is 4.55. The van der Waals surface area contributed by atoms with Gasteiger partial charge in [0.25, 0.3) is 5.91 Å². The Kier molecular flexibility index (Phi) is 7.17. The molecule has 0 radical (unpaired) electrons. The van der Waals surface area contributed by atoms with Crippen LogP contribution in [0.1, 0.15) is 35.2 Å². The highest BCUT2D eigenvalue weighted by molar-refractivity contribution is 5.96. The molecule has 202 valence electrons. The van der Waals surface area contributed by atoms with E-state index in [-0.39, 0.29) is 17.9 Å². The van der Waals surface area contributed by atoms with Crippen molar-refractivity contribution in [3.05, 3.63) is 71.9 Å². The van der Waals surface area contributed by atoms with Gasteiger partial charge in [0.05, 0.1) is 18.8 Å². The molecule has 2 amide bonds. The third-order valence-corrected chi connectivity index (χ3v) is 7.30. The van der Waals surface area contributed by atoms with Gasteiger partial charge in [-0.15, -0.1) is 0 Å². The number of benzene rings is 2. The number of fused-ring (bicyclic) bond motifs is 1. The van der Waals surface area contributed by atoms with Crippen molar-refractivity contribution in [2.24, 2.45) is 0 Å². The number of hydrogen-bond acceptors (Lipinski definition) is 7. The molecule has 2 aliphatic heterocycles. The lowest BCUT2D eigenvalue weighted by Crippen LogP contribution is -2.34. The highest BCUT2D eigenvalue weighted by Gasteiger charge is 2.21. The van der Waals surface area contributed by atoms with E-state index in [1.54, 1.807) is 23.2 Å². The van der Waals surface area contributed by atoms with Crippen LogP contribution in [0.2, 0.25) is 0 Å². The second-order valence-electron chi connectivity index (χ2n) is 9.91. The molecule has 6 rings (SSSR count). The van der Waals surface area contributed by atoms with Gasteiger partial charge in [0.1, 0.15) is 29.2 Å². The van der Waals surface area contributed by atoms with Gasteiger partial charge in [-0.05, 0) is 35.9 Å².